The van der Waals surface area contributed by atoms with Crippen molar-refractivity contribution in [2.45, 2.75) is 19.6 Å². The predicted octanol–water partition coefficient (Wildman–Crippen LogP) is 4.74. The Hall–Kier alpha value is 0.760. The zero-order valence-electron chi connectivity index (χ0n) is 13.4. The molecule has 2 saturated carbocycles. The van der Waals surface area contributed by atoms with Gasteiger partial charge in [0.25, 0.3) is 0 Å². The summed E-state index contributed by atoms with van der Waals surface area (Å²) < 4.78 is 0. The van der Waals surface area contributed by atoms with Gasteiger partial charge in [-0.05, 0) is 75.7 Å². The van der Waals surface area contributed by atoms with Crippen LogP contribution < -0.4 is 4.98 Å². The summed E-state index contributed by atoms with van der Waals surface area (Å²) in [5.74, 6) is 0. The maximum absolute atomic E-state index is 4.52. The number of hydrogen-bond acceptors (Lipinski definition) is 1. The Kier molecular flexibility index (Phi) is 14.6. The van der Waals surface area contributed by atoms with E-state index in [0.29, 0.717) is 0 Å². The van der Waals surface area contributed by atoms with Gasteiger partial charge in [0.15, 0.2) is 0 Å². The molecule has 12 radical (unpaired) electrons. The van der Waals surface area contributed by atoms with Gasteiger partial charge in [0.1, 0.15) is 8.24 Å². The first-order valence-corrected chi connectivity index (χ1v) is 11.3. The van der Waals surface area contributed by atoms with Gasteiger partial charge in [-0.3, -0.25) is 4.98 Å². The normalized spacial score (nSPS) is 16.9. The van der Waals surface area contributed by atoms with Gasteiger partial charge in [-0.1, -0.05) is 25.7 Å². The predicted molar refractivity (Wildman–Crippen MR) is 96.2 cm³/mol. The molecule has 0 spiro atoms. The minimum absolute atomic E-state index is 0. The third-order valence-corrected chi connectivity index (χ3v) is 3.94. The number of hydrogen-bond donors (Lipinski definition) is 0. The first kappa shape index (κ1) is 22.8. The first-order chi connectivity index (χ1) is 10.1. The van der Waals surface area contributed by atoms with Crippen molar-refractivity contribution < 1.29 is 26.2 Å². The van der Waals surface area contributed by atoms with Crippen LogP contribution in [0.2, 0.25) is 19.6 Å². The van der Waals surface area contributed by atoms with Crippen molar-refractivity contribution in [2.24, 2.45) is 0 Å². The molecular formula is C18H23NSSiZr. The second-order valence-corrected chi connectivity index (χ2v) is 10.9. The Morgan fingerprint density at radius 2 is 1.23 bits per heavy atom. The van der Waals surface area contributed by atoms with Crippen molar-refractivity contribution in [1.82, 2.24) is 4.98 Å². The fraction of sp³-hybridized carbons (Fsp3) is 0.167. The van der Waals surface area contributed by atoms with Gasteiger partial charge in [0, 0.05) is 31.1 Å². The number of nitrogens with zero attached hydrogens (tertiary/aromatic N) is 1. The average molecular weight is 405 g/mol. The Balaban J connectivity index is 0.000000334. The molecule has 1 aromatic heterocycles. The Morgan fingerprint density at radius 1 is 0.818 bits per heavy atom. The molecule has 1 nitrogen and oxygen atoms in total. The smallest absolute Gasteiger partial charge is 0.137 e. The minimum Gasteiger partial charge on any atom is -0.259 e. The van der Waals surface area contributed by atoms with Gasteiger partial charge < -0.3 is 0 Å². The minimum atomic E-state index is -1.24. The van der Waals surface area contributed by atoms with E-state index < -0.39 is 8.24 Å². The van der Waals surface area contributed by atoms with Crippen LogP contribution in [-0.4, -0.2) is 8.24 Å². The summed E-state index contributed by atoms with van der Waals surface area (Å²) in [5, 5.41) is 2.07. The van der Waals surface area contributed by atoms with Crippen molar-refractivity contribution in [3.8, 4) is 0 Å². The van der Waals surface area contributed by atoms with E-state index in [1.165, 1.54) is 4.88 Å². The van der Waals surface area contributed by atoms with Gasteiger partial charge in [-0.15, -0.1) is 11.3 Å². The molecule has 0 unspecified atom stereocenters. The fourth-order valence-corrected chi connectivity index (χ4v) is 2.47. The molecule has 0 aromatic carbocycles. The zero-order valence-corrected chi connectivity index (χ0v) is 17.7. The van der Waals surface area contributed by atoms with Crippen LogP contribution >= 0.6 is 11.3 Å². The molecule has 2 aliphatic carbocycles. The summed E-state index contributed by atoms with van der Waals surface area (Å²) in [5.41, 5.74) is 0. The largest absolute Gasteiger partial charge is 0.259 e. The van der Waals surface area contributed by atoms with Crippen LogP contribution in [0.1, 0.15) is 4.88 Å². The number of rotatable bonds is 3. The molecule has 114 valence electrons. The Labute approximate surface area is 162 Å². The van der Waals surface area contributed by atoms with E-state index in [9.17, 15) is 0 Å². The number of thiophene rings is 1. The van der Waals surface area contributed by atoms with Gasteiger partial charge in [-0.25, -0.2) is 0 Å². The van der Waals surface area contributed by atoms with Crippen LogP contribution in [0, 0.1) is 70.8 Å². The SMILES string of the molecule is C[Si](C)(C)[N][CH]c1cccs1.[CH]1[CH][CH][CH][CH]1.[CH]1[CH][CH][CH][CH]1.[Zr]. The fourth-order valence-electron chi connectivity index (χ4n) is 1.26. The van der Waals surface area contributed by atoms with E-state index in [1.54, 1.807) is 11.3 Å². The molecule has 0 amide bonds. The van der Waals surface area contributed by atoms with Gasteiger partial charge in [0.05, 0.1) is 6.54 Å². The second-order valence-electron chi connectivity index (χ2n) is 5.37. The topological polar surface area (TPSA) is 14.1 Å². The van der Waals surface area contributed by atoms with Crippen molar-refractivity contribution in [3.63, 3.8) is 0 Å². The van der Waals surface area contributed by atoms with Crippen molar-refractivity contribution >= 4 is 19.6 Å². The molecule has 0 atom stereocenters. The molecule has 1 aromatic rings. The molecule has 4 heteroatoms. The molecule has 0 saturated heterocycles. The molecule has 22 heavy (non-hydrogen) atoms. The van der Waals surface area contributed by atoms with E-state index in [0.717, 1.165) is 0 Å². The van der Waals surface area contributed by atoms with Crippen LogP contribution in [0.3, 0.4) is 0 Å². The van der Waals surface area contributed by atoms with Crippen LogP contribution in [0.5, 0.6) is 0 Å². The average Bonchev–Trinajstić information content (AvgIpc) is 3.21. The monoisotopic (exact) mass is 403 g/mol. The van der Waals surface area contributed by atoms with E-state index >= 15 is 0 Å². The van der Waals surface area contributed by atoms with Crippen LogP contribution in [-0.2, 0) is 26.2 Å². The summed E-state index contributed by atoms with van der Waals surface area (Å²) >= 11 is 1.74. The molecule has 0 bridgehead atoms. The van der Waals surface area contributed by atoms with Gasteiger partial charge >= 0.3 is 0 Å². The van der Waals surface area contributed by atoms with Crippen LogP contribution in [0.15, 0.2) is 17.5 Å². The Bertz CT molecular complexity index is 302. The summed E-state index contributed by atoms with van der Waals surface area (Å²) in [6.45, 7) is 8.70. The van der Waals surface area contributed by atoms with E-state index in [4.69, 9.17) is 0 Å². The van der Waals surface area contributed by atoms with Crippen molar-refractivity contribution in [3.05, 3.63) is 93.1 Å². The molecule has 3 rings (SSSR count). The standard InChI is InChI=1S/C8H13NSSi.2C5H5.Zr/c1-11(2,3)9-7-8-5-4-6-10-8;2*1-2-4-5-3-1;/h4-7H,1-3H3;2*1-5H;. The summed E-state index contributed by atoms with van der Waals surface area (Å²) in [6.07, 6.45) is 20.0. The quantitative estimate of drug-likeness (QED) is 0.646. The van der Waals surface area contributed by atoms with Crippen molar-refractivity contribution in [1.29, 1.82) is 0 Å². The Morgan fingerprint density at radius 3 is 1.50 bits per heavy atom. The molecule has 0 aliphatic heterocycles. The first-order valence-electron chi connectivity index (χ1n) is 7.00. The van der Waals surface area contributed by atoms with Gasteiger partial charge in [0.2, 0.25) is 0 Å². The molecule has 1 heterocycles. The van der Waals surface area contributed by atoms with Crippen LogP contribution in [0.4, 0.5) is 0 Å². The maximum Gasteiger partial charge on any atom is 0.137 e. The second kappa shape index (κ2) is 14.1. The van der Waals surface area contributed by atoms with Crippen molar-refractivity contribution in [2.75, 3.05) is 0 Å². The van der Waals surface area contributed by atoms with E-state index in [-0.39, 0.29) is 26.2 Å². The molecule has 2 aliphatic rings. The van der Waals surface area contributed by atoms with Gasteiger partial charge in [-0.2, -0.15) is 0 Å². The maximum atomic E-state index is 4.52. The third-order valence-electron chi connectivity index (χ3n) is 2.23. The van der Waals surface area contributed by atoms with Crippen LogP contribution in [0.25, 0.3) is 0 Å². The third kappa shape index (κ3) is 14.4. The summed E-state index contributed by atoms with van der Waals surface area (Å²) in [7, 11) is -1.24. The summed E-state index contributed by atoms with van der Waals surface area (Å²) in [4.78, 5) is 5.78. The van der Waals surface area contributed by atoms with E-state index in [1.807, 2.05) is 70.8 Å². The summed E-state index contributed by atoms with van der Waals surface area (Å²) in [6, 6.07) is 4.14. The molecule has 2 fully saturated rings. The molecular weight excluding hydrogens is 382 g/mol. The zero-order chi connectivity index (χ0) is 15.4. The van der Waals surface area contributed by atoms with E-state index in [2.05, 4.69) is 42.1 Å². The molecule has 0 N–H and O–H groups in total.